The van der Waals surface area contributed by atoms with Gasteiger partial charge in [0, 0.05) is 13.1 Å². The summed E-state index contributed by atoms with van der Waals surface area (Å²) < 4.78 is 3.73. The van der Waals surface area contributed by atoms with Crippen molar-refractivity contribution in [3.05, 3.63) is 10.6 Å². The molecule has 0 aromatic carbocycles. The molecule has 0 spiro atoms. The molecule has 1 aromatic heterocycles. The average Bonchev–Trinajstić information content (AvgIpc) is 2.95. The highest BCUT2D eigenvalue weighted by molar-refractivity contribution is 7.07. The van der Waals surface area contributed by atoms with Gasteiger partial charge >= 0.3 is 5.97 Å². The predicted octanol–water partition coefficient (Wildman–Crippen LogP) is 1.17. The molecule has 0 bridgehead atoms. The van der Waals surface area contributed by atoms with Crippen LogP contribution < -0.4 is 0 Å². The van der Waals surface area contributed by atoms with E-state index in [4.69, 9.17) is 0 Å². The Morgan fingerprint density at radius 1 is 1.56 bits per heavy atom. The van der Waals surface area contributed by atoms with E-state index >= 15 is 0 Å². The van der Waals surface area contributed by atoms with Gasteiger partial charge in [0.2, 0.25) is 0 Å². The molecule has 1 unspecified atom stereocenters. The largest absolute Gasteiger partial charge is 0.481 e. The fourth-order valence-corrected chi connectivity index (χ4v) is 2.86. The van der Waals surface area contributed by atoms with E-state index in [1.165, 1.54) is 0 Å². The maximum Gasteiger partial charge on any atom is 0.311 e. The molecule has 2 rings (SSSR count). The lowest BCUT2D eigenvalue weighted by Crippen LogP contribution is -2.36. The van der Waals surface area contributed by atoms with Crippen molar-refractivity contribution in [3.8, 4) is 0 Å². The molecule has 1 amide bonds. The molecule has 1 aliphatic rings. The van der Waals surface area contributed by atoms with Gasteiger partial charge in [-0.2, -0.15) is 0 Å². The molecule has 1 fully saturated rings. The Balaban J connectivity index is 2.17. The first kappa shape index (κ1) is 12.9. The standard InChI is InChI=1S/C11H15N3O3S/c1-3-11(10(16)17)4-5-14(6-11)9(15)8-7(2)12-13-18-8/h3-6H2,1-2H3,(H,16,17). The number of aliphatic carboxylic acids is 1. The summed E-state index contributed by atoms with van der Waals surface area (Å²) in [6.07, 6.45) is 1.04. The van der Waals surface area contributed by atoms with Gasteiger partial charge in [-0.3, -0.25) is 9.59 Å². The zero-order valence-electron chi connectivity index (χ0n) is 10.3. The molecule has 1 aliphatic heterocycles. The summed E-state index contributed by atoms with van der Waals surface area (Å²) in [5.41, 5.74) is -0.184. The van der Waals surface area contributed by atoms with Crippen molar-refractivity contribution in [2.24, 2.45) is 5.41 Å². The normalized spacial score (nSPS) is 23.3. The number of aromatic nitrogens is 2. The summed E-state index contributed by atoms with van der Waals surface area (Å²) >= 11 is 1.06. The molecular weight excluding hydrogens is 254 g/mol. The van der Waals surface area contributed by atoms with Crippen LogP contribution in [-0.2, 0) is 4.79 Å². The second kappa shape index (κ2) is 4.64. The fourth-order valence-electron chi connectivity index (χ4n) is 2.23. The van der Waals surface area contributed by atoms with Crippen molar-refractivity contribution >= 4 is 23.4 Å². The number of amides is 1. The molecule has 1 N–H and O–H groups in total. The summed E-state index contributed by atoms with van der Waals surface area (Å²) in [6.45, 7) is 4.34. The first-order valence-corrected chi connectivity index (χ1v) is 6.59. The van der Waals surface area contributed by atoms with Crippen LogP contribution in [0.15, 0.2) is 0 Å². The van der Waals surface area contributed by atoms with Crippen LogP contribution in [-0.4, -0.2) is 44.6 Å². The van der Waals surface area contributed by atoms with Gasteiger partial charge in [0.1, 0.15) is 4.88 Å². The number of hydrogen-bond acceptors (Lipinski definition) is 5. The molecule has 1 aromatic rings. The Kier molecular flexibility index (Phi) is 3.34. The van der Waals surface area contributed by atoms with Crippen molar-refractivity contribution in [2.45, 2.75) is 26.7 Å². The zero-order chi connectivity index (χ0) is 13.3. The lowest BCUT2D eigenvalue weighted by molar-refractivity contribution is -0.148. The molecule has 0 aliphatic carbocycles. The van der Waals surface area contributed by atoms with Gasteiger partial charge in [-0.05, 0) is 31.3 Å². The van der Waals surface area contributed by atoms with Crippen LogP contribution in [0.3, 0.4) is 0 Å². The number of carbonyl (C=O) groups is 2. The number of nitrogens with zero attached hydrogens (tertiary/aromatic N) is 3. The molecule has 6 nitrogen and oxygen atoms in total. The Morgan fingerprint density at radius 3 is 2.72 bits per heavy atom. The molecule has 0 radical (unpaired) electrons. The monoisotopic (exact) mass is 269 g/mol. The third-order valence-corrected chi connectivity index (χ3v) is 4.43. The van der Waals surface area contributed by atoms with Crippen LogP contribution in [0, 0.1) is 12.3 Å². The third-order valence-electron chi connectivity index (χ3n) is 3.62. The minimum Gasteiger partial charge on any atom is -0.481 e. The van der Waals surface area contributed by atoms with E-state index in [1.807, 2.05) is 6.92 Å². The van der Waals surface area contributed by atoms with Gasteiger partial charge in [0.05, 0.1) is 11.1 Å². The van der Waals surface area contributed by atoms with Crippen molar-refractivity contribution < 1.29 is 14.7 Å². The molecule has 1 atom stereocenters. The number of carbonyl (C=O) groups excluding carboxylic acids is 1. The quantitative estimate of drug-likeness (QED) is 0.890. The summed E-state index contributed by atoms with van der Waals surface area (Å²) in [7, 11) is 0. The first-order valence-electron chi connectivity index (χ1n) is 5.82. The number of carboxylic acids is 1. The van der Waals surface area contributed by atoms with Gasteiger partial charge < -0.3 is 10.0 Å². The highest BCUT2D eigenvalue weighted by Gasteiger charge is 2.45. The van der Waals surface area contributed by atoms with Crippen molar-refractivity contribution in [2.75, 3.05) is 13.1 Å². The highest BCUT2D eigenvalue weighted by atomic mass is 32.1. The molecular formula is C11H15N3O3S. The first-order chi connectivity index (χ1) is 8.50. The predicted molar refractivity (Wildman–Crippen MR) is 65.5 cm³/mol. The molecule has 7 heteroatoms. The van der Waals surface area contributed by atoms with E-state index in [0.29, 0.717) is 30.0 Å². The molecule has 1 saturated heterocycles. The third kappa shape index (κ3) is 1.98. The van der Waals surface area contributed by atoms with E-state index in [2.05, 4.69) is 9.59 Å². The second-order valence-electron chi connectivity index (χ2n) is 4.60. The number of carboxylic acid groups (broad SMARTS) is 1. The molecule has 18 heavy (non-hydrogen) atoms. The van der Waals surface area contributed by atoms with Crippen LogP contribution in [0.1, 0.15) is 35.1 Å². The summed E-state index contributed by atoms with van der Waals surface area (Å²) in [5.74, 6) is -0.974. The lowest BCUT2D eigenvalue weighted by atomic mass is 9.84. The van der Waals surface area contributed by atoms with Crippen LogP contribution in [0.4, 0.5) is 0 Å². The van der Waals surface area contributed by atoms with Gasteiger partial charge in [-0.15, -0.1) is 5.10 Å². The van der Waals surface area contributed by atoms with Gasteiger partial charge in [0.15, 0.2) is 0 Å². The molecule has 2 heterocycles. The van der Waals surface area contributed by atoms with Gasteiger partial charge in [-0.1, -0.05) is 11.4 Å². The van der Waals surface area contributed by atoms with Crippen molar-refractivity contribution in [1.29, 1.82) is 0 Å². The Bertz CT molecular complexity index is 488. The maximum atomic E-state index is 12.2. The zero-order valence-corrected chi connectivity index (χ0v) is 11.2. The summed E-state index contributed by atoms with van der Waals surface area (Å²) in [6, 6.07) is 0. The summed E-state index contributed by atoms with van der Waals surface area (Å²) in [5, 5.41) is 13.1. The summed E-state index contributed by atoms with van der Waals surface area (Å²) in [4.78, 5) is 25.6. The van der Waals surface area contributed by atoms with Gasteiger partial charge in [-0.25, -0.2) is 0 Å². The average molecular weight is 269 g/mol. The van der Waals surface area contributed by atoms with Crippen LogP contribution >= 0.6 is 11.5 Å². The van der Waals surface area contributed by atoms with Crippen LogP contribution in [0.2, 0.25) is 0 Å². The smallest absolute Gasteiger partial charge is 0.311 e. The minimum absolute atomic E-state index is 0.154. The Labute approximate surface area is 109 Å². The highest BCUT2D eigenvalue weighted by Crippen LogP contribution is 2.35. The number of rotatable bonds is 3. The molecule has 0 saturated carbocycles. The Morgan fingerprint density at radius 2 is 2.28 bits per heavy atom. The number of likely N-dealkylation sites (tertiary alicyclic amines) is 1. The van der Waals surface area contributed by atoms with Gasteiger partial charge in [0.25, 0.3) is 5.91 Å². The Hall–Kier alpha value is -1.50. The maximum absolute atomic E-state index is 12.2. The number of hydrogen-bond donors (Lipinski definition) is 1. The second-order valence-corrected chi connectivity index (χ2v) is 5.36. The topological polar surface area (TPSA) is 83.4 Å². The van der Waals surface area contributed by atoms with Crippen LogP contribution in [0.5, 0.6) is 0 Å². The van der Waals surface area contributed by atoms with E-state index in [0.717, 1.165) is 11.5 Å². The van der Waals surface area contributed by atoms with E-state index in [-0.39, 0.29) is 12.5 Å². The molecule has 98 valence electrons. The SMILES string of the molecule is CCC1(C(=O)O)CCN(C(=O)c2snnc2C)C1. The van der Waals surface area contributed by atoms with Crippen LogP contribution in [0.25, 0.3) is 0 Å². The van der Waals surface area contributed by atoms with E-state index in [1.54, 1.807) is 11.8 Å². The minimum atomic E-state index is -0.820. The van der Waals surface area contributed by atoms with E-state index < -0.39 is 11.4 Å². The van der Waals surface area contributed by atoms with Crippen molar-refractivity contribution in [3.63, 3.8) is 0 Å². The van der Waals surface area contributed by atoms with Crippen molar-refractivity contribution in [1.82, 2.24) is 14.5 Å². The lowest BCUT2D eigenvalue weighted by Gasteiger charge is -2.22. The number of aryl methyl sites for hydroxylation is 1. The van der Waals surface area contributed by atoms with E-state index in [9.17, 15) is 14.7 Å². The fraction of sp³-hybridized carbons (Fsp3) is 0.636.